The van der Waals surface area contributed by atoms with Crippen molar-refractivity contribution in [2.75, 3.05) is 32.8 Å². The molecule has 1 aromatic rings. The van der Waals surface area contributed by atoms with Crippen LogP contribution >= 0.6 is 0 Å². The summed E-state index contributed by atoms with van der Waals surface area (Å²) in [7, 11) is 0. The van der Waals surface area contributed by atoms with Crippen LogP contribution in [0.5, 0.6) is 11.5 Å². The van der Waals surface area contributed by atoms with Gasteiger partial charge in [0, 0.05) is 25.2 Å². The zero-order valence-corrected chi connectivity index (χ0v) is 15.0. The van der Waals surface area contributed by atoms with Crippen molar-refractivity contribution in [2.24, 2.45) is 5.92 Å². The summed E-state index contributed by atoms with van der Waals surface area (Å²) in [6.45, 7) is 9.06. The Balaban J connectivity index is 1.65. The molecular formula is C20H30N2O2. The van der Waals surface area contributed by atoms with E-state index in [9.17, 15) is 0 Å². The minimum atomic E-state index is 0.537. The third kappa shape index (κ3) is 2.91. The van der Waals surface area contributed by atoms with Crippen molar-refractivity contribution in [1.82, 2.24) is 10.2 Å². The Morgan fingerprint density at radius 1 is 1.17 bits per heavy atom. The molecule has 0 saturated carbocycles. The van der Waals surface area contributed by atoms with Gasteiger partial charge in [0.15, 0.2) is 11.5 Å². The van der Waals surface area contributed by atoms with E-state index in [4.69, 9.17) is 9.47 Å². The highest BCUT2D eigenvalue weighted by atomic mass is 16.5. The van der Waals surface area contributed by atoms with Crippen LogP contribution in [0.4, 0.5) is 0 Å². The van der Waals surface area contributed by atoms with E-state index in [-0.39, 0.29) is 0 Å². The van der Waals surface area contributed by atoms with E-state index in [1.54, 1.807) is 0 Å². The second-order valence-electron chi connectivity index (χ2n) is 7.32. The number of nitrogens with zero attached hydrogens (tertiary/aromatic N) is 1. The quantitative estimate of drug-likeness (QED) is 0.919. The van der Waals surface area contributed by atoms with E-state index in [1.165, 1.54) is 50.0 Å². The lowest BCUT2D eigenvalue weighted by atomic mass is 9.77. The fourth-order valence-corrected chi connectivity index (χ4v) is 4.85. The summed E-state index contributed by atoms with van der Waals surface area (Å²) < 4.78 is 11.7. The molecule has 4 rings (SSSR count). The second kappa shape index (κ2) is 6.93. The smallest absolute Gasteiger partial charge is 0.161 e. The van der Waals surface area contributed by atoms with Crippen molar-refractivity contribution in [1.29, 1.82) is 0 Å². The standard InChI is InChI=1S/C20H30N2O2/c1-3-23-19-10-14-7-9-22-13-15-6-5-8-21-17(15)12-18(22)16(14)11-20(19)24-4-2/h10-11,15,17-18,21H,3-9,12-13H2,1-2H3/t15-,17+,18+/m0/s1. The van der Waals surface area contributed by atoms with E-state index < -0.39 is 0 Å². The first-order valence-electron chi connectivity index (χ1n) is 9.70. The van der Waals surface area contributed by atoms with Crippen molar-refractivity contribution in [3.05, 3.63) is 23.3 Å². The van der Waals surface area contributed by atoms with Gasteiger partial charge < -0.3 is 14.8 Å². The third-order valence-corrected chi connectivity index (χ3v) is 5.95. The van der Waals surface area contributed by atoms with Gasteiger partial charge in [0.1, 0.15) is 0 Å². The highest BCUT2D eigenvalue weighted by Crippen LogP contribution is 2.44. The molecule has 0 aliphatic carbocycles. The Hall–Kier alpha value is -1.26. The molecule has 24 heavy (non-hydrogen) atoms. The van der Waals surface area contributed by atoms with Crippen LogP contribution in [0.15, 0.2) is 12.1 Å². The molecule has 0 aromatic heterocycles. The molecule has 0 radical (unpaired) electrons. The number of hydrogen-bond donors (Lipinski definition) is 1. The topological polar surface area (TPSA) is 33.7 Å². The van der Waals surface area contributed by atoms with Crippen molar-refractivity contribution in [3.63, 3.8) is 0 Å². The number of ether oxygens (including phenoxy) is 2. The molecule has 0 bridgehead atoms. The fourth-order valence-electron chi connectivity index (χ4n) is 4.85. The molecule has 0 spiro atoms. The van der Waals surface area contributed by atoms with E-state index in [0.29, 0.717) is 25.3 Å². The lowest BCUT2D eigenvalue weighted by Gasteiger charge is -2.49. The van der Waals surface area contributed by atoms with Crippen molar-refractivity contribution < 1.29 is 9.47 Å². The van der Waals surface area contributed by atoms with Crippen molar-refractivity contribution in [3.8, 4) is 11.5 Å². The van der Waals surface area contributed by atoms with Gasteiger partial charge in [-0.05, 0) is 75.3 Å². The predicted molar refractivity (Wildman–Crippen MR) is 95.9 cm³/mol. The molecule has 1 aromatic carbocycles. The van der Waals surface area contributed by atoms with Crippen LogP contribution in [0.1, 0.15) is 50.3 Å². The largest absolute Gasteiger partial charge is 0.490 e. The number of fused-ring (bicyclic) bond motifs is 4. The molecule has 0 unspecified atom stereocenters. The SMILES string of the molecule is CCOc1cc2c(cc1OCC)[C@H]1C[C@H]3NCCC[C@H]3CN1CC2. The lowest BCUT2D eigenvalue weighted by molar-refractivity contribution is 0.0549. The van der Waals surface area contributed by atoms with Crippen LogP contribution in [-0.2, 0) is 6.42 Å². The number of rotatable bonds is 4. The summed E-state index contributed by atoms with van der Waals surface area (Å²) in [4.78, 5) is 2.71. The van der Waals surface area contributed by atoms with Gasteiger partial charge in [0.05, 0.1) is 13.2 Å². The number of piperidine rings is 2. The van der Waals surface area contributed by atoms with Crippen LogP contribution in [0.3, 0.4) is 0 Å². The summed E-state index contributed by atoms with van der Waals surface area (Å²) in [5.41, 5.74) is 2.93. The van der Waals surface area contributed by atoms with Gasteiger partial charge >= 0.3 is 0 Å². The maximum Gasteiger partial charge on any atom is 0.161 e. The van der Waals surface area contributed by atoms with Gasteiger partial charge in [-0.2, -0.15) is 0 Å². The first kappa shape index (κ1) is 16.2. The maximum absolute atomic E-state index is 5.88. The Bertz CT molecular complexity index is 589. The highest BCUT2D eigenvalue weighted by molar-refractivity contribution is 5.49. The zero-order chi connectivity index (χ0) is 16.5. The van der Waals surface area contributed by atoms with Gasteiger partial charge in [-0.15, -0.1) is 0 Å². The molecule has 1 N–H and O–H groups in total. The van der Waals surface area contributed by atoms with Crippen molar-refractivity contribution >= 4 is 0 Å². The molecular weight excluding hydrogens is 300 g/mol. The molecule has 3 aliphatic rings. The minimum Gasteiger partial charge on any atom is -0.490 e. The summed E-state index contributed by atoms with van der Waals surface area (Å²) in [5, 5.41) is 3.77. The number of nitrogens with one attached hydrogen (secondary N) is 1. The van der Waals surface area contributed by atoms with Crippen LogP contribution in [0.2, 0.25) is 0 Å². The van der Waals surface area contributed by atoms with Crippen LogP contribution < -0.4 is 14.8 Å². The third-order valence-electron chi connectivity index (χ3n) is 5.95. The van der Waals surface area contributed by atoms with Crippen LogP contribution in [0, 0.1) is 5.92 Å². The Labute approximate surface area is 145 Å². The molecule has 2 saturated heterocycles. The fraction of sp³-hybridized carbons (Fsp3) is 0.700. The second-order valence-corrected chi connectivity index (χ2v) is 7.32. The molecule has 3 atom stereocenters. The number of hydrogen-bond acceptors (Lipinski definition) is 4. The van der Waals surface area contributed by atoms with E-state index in [0.717, 1.165) is 23.8 Å². The zero-order valence-electron chi connectivity index (χ0n) is 15.0. The van der Waals surface area contributed by atoms with E-state index in [2.05, 4.69) is 22.3 Å². The molecule has 4 heteroatoms. The molecule has 3 aliphatic heterocycles. The first-order valence-corrected chi connectivity index (χ1v) is 9.70. The van der Waals surface area contributed by atoms with Crippen molar-refractivity contribution in [2.45, 2.75) is 51.6 Å². The molecule has 0 amide bonds. The van der Waals surface area contributed by atoms with Gasteiger partial charge in [-0.25, -0.2) is 0 Å². The average Bonchev–Trinajstić information content (AvgIpc) is 2.61. The molecule has 4 nitrogen and oxygen atoms in total. The summed E-state index contributed by atoms with van der Waals surface area (Å²) in [5.74, 6) is 2.67. The predicted octanol–water partition coefficient (Wildman–Crippen LogP) is 3.16. The summed E-state index contributed by atoms with van der Waals surface area (Å²) in [6.07, 6.45) is 5.09. The summed E-state index contributed by atoms with van der Waals surface area (Å²) in [6, 6.07) is 5.73. The Kier molecular flexibility index (Phi) is 4.68. The van der Waals surface area contributed by atoms with Gasteiger partial charge in [0.2, 0.25) is 0 Å². The van der Waals surface area contributed by atoms with Gasteiger partial charge in [0.25, 0.3) is 0 Å². The Morgan fingerprint density at radius 2 is 1.96 bits per heavy atom. The van der Waals surface area contributed by atoms with Gasteiger partial charge in [-0.1, -0.05) is 0 Å². The monoisotopic (exact) mass is 330 g/mol. The minimum absolute atomic E-state index is 0.537. The van der Waals surface area contributed by atoms with E-state index >= 15 is 0 Å². The lowest BCUT2D eigenvalue weighted by Crippen LogP contribution is -2.54. The van der Waals surface area contributed by atoms with Crippen LogP contribution in [-0.4, -0.2) is 43.8 Å². The molecule has 2 fully saturated rings. The van der Waals surface area contributed by atoms with Crippen LogP contribution in [0.25, 0.3) is 0 Å². The normalized spacial score (nSPS) is 29.3. The van der Waals surface area contributed by atoms with E-state index in [1.807, 2.05) is 13.8 Å². The summed E-state index contributed by atoms with van der Waals surface area (Å²) >= 11 is 0. The Morgan fingerprint density at radius 3 is 2.75 bits per heavy atom. The average molecular weight is 330 g/mol. The number of benzene rings is 1. The van der Waals surface area contributed by atoms with Gasteiger partial charge in [-0.3, -0.25) is 4.90 Å². The highest BCUT2D eigenvalue weighted by Gasteiger charge is 2.40. The first-order chi connectivity index (χ1) is 11.8. The molecule has 3 heterocycles. The molecule has 132 valence electrons. The maximum atomic E-state index is 5.88.